The Morgan fingerprint density at radius 2 is 1.86 bits per heavy atom. The van der Waals surface area contributed by atoms with Crippen LogP contribution < -0.4 is 16.4 Å². The highest BCUT2D eigenvalue weighted by molar-refractivity contribution is 7.60. The SMILES string of the molecule is N#CCC1(n2cc(C(N)=O)c(Nc3ccc(P(=O)(O)O)cc3)n2)CCC(N2CC(C(F)(F)F)C2)CC1. The Balaban J connectivity index is 1.52. The molecule has 0 unspecified atom stereocenters. The van der Waals surface area contributed by atoms with E-state index in [1.165, 1.54) is 30.5 Å². The summed E-state index contributed by atoms with van der Waals surface area (Å²) in [4.78, 5) is 32.5. The van der Waals surface area contributed by atoms with Crippen LogP contribution in [0, 0.1) is 17.2 Å². The topological polar surface area (TPSA) is 158 Å². The van der Waals surface area contributed by atoms with E-state index in [2.05, 4.69) is 16.5 Å². The second kappa shape index (κ2) is 9.52. The fourth-order valence-corrected chi connectivity index (χ4v) is 5.46. The number of likely N-dealkylation sites (tertiary alicyclic amines) is 1. The molecule has 2 aromatic rings. The fourth-order valence-electron chi connectivity index (χ4n) is 4.92. The molecule has 0 radical (unpaired) electrons. The van der Waals surface area contributed by atoms with E-state index in [1.807, 2.05) is 4.90 Å². The molecule has 1 aromatic carbocycles. The van der Waals surface area contributed by atoms with Crippen molar-refractivity contribution in [1.29, 1.82) is 5.26 Å². The van der Waals surface area contributed by atoms with Crippen LogP contribution in [-0.4, -0.2) is 55.7 Å². The van der Waals surface area contributed by atoms with Crippen molar-refractivity contribution in [2.75, 3.05) is 18.4 Å². The quantitative estimate of drug-likeness (QED) is 0.401. The number of nitrogens with one attached hydrogen (secondary N) is 1. The highest BCUT2D eigenvalue weighted by Gasteiger charge is 2.50. The van der Waals surface area contributed by atoms with Gasteiger partial charge in [-0.05, 0) is 49.9 Å². The maximum atomic E-state index is 12.9. The van der Waals surface area contributed by atoms with Gasteiger partial charge in [0.2, 0.25) is 0 Å². The van der Waals surface area contributed by atoms with Crippen LogP contribution in [0.2, 0.25) is 0 Å². The Hall–Kier alpha value is -2.91. The number of primary amides is 1. The third-order valence-electron chi connectivity index (χ3n) is 7.12. The van der Waals surface area contributed by atoms with Gasteiger partial charge < -0.3 is 20.8 Å². The lowest BCUT2D eigenvalue weighted by Crippen LogP contribution is -2.58. The highest BCUT2D eigenvalue weighted by Crippen LogP contribution is 2.43. The first-order chi connectivity index (χ1) is 16.8. The number of nitrogens with two attached hydrogens (primary N) is 1. The third kappa shape index (κ3) is 5.27. The van der Waals surface area contributed by atoms with Gasteiger partial charge in [-0.15, -0.1) is 0 Å². The normalized spacial score (nSPS) is 23.6. The van der Waals surface area contributed by atoms with Gasteiger partial charge in [0.05, 0.1) is 29.3 Å². The van der Waals surface area contributed by atoms with Crippen molar-refractivity contribution >= 4 is 30.3 Å². The van der Waals surface area contributed by atoms with E-state index in [0.717, 1.165) is 0 Å². The monoisotopic (exact) mass is 526 g/mol. The molecular weight excluding hydrogens is 500 g/mol. The van der Waals surface area contributed by atoms with Crippen molar-refractivity contribution in [3.63, 3.8) is 0 Å². The minimum Gasteiger partial charge on any atom is -0.365 e. The van der Waals surface area contributed by atoms with Gasteiger partial charge in [-0.25, -0.2) is 0 Å². The summed E-state index contributed by atoms with van der Waals surface area (Å²) in [6, 6.07) is 7.52. The maximum Gasteiger partial charge on any atom is 0.394 e. The van der Waals surface area contributed by atoms with Gasteiger partial charge >= 0.3 is 13.8 Å². The zero-order valence-electron chi connectivity index (χ0n) is 19.1. The molecule has 1 aromatic heterocycles. The van der Waals surface area contributed by atoms with Crippen LogP contribution >= 0.6 is 7.60 Å². The van der Waals surface area contributed by atoms with Crippen molar-refractivity contribution in [2.24, 2.45) is 11.7 Å². The first-order valence-electron chi connectivity index (χ1n) is 11.3. The number of carbonyl (C=O) groups is 1. The molecule has 1 saturated heterocycles. The number of nitriles is 1. The zero-order valence-corrected chi connectivity index (χ0v) is 20.0. The van der Waals surface area contributed by atoms with Crippen LogP contribution in [0.4, 0.5) is 24.7 Å². The largest absolute Gasteiger partial charge is 0.394 e. The predicted octanol–water partition coefficient (Wildman–Crippen LogP) is 2.57. The summed E-state index contributed by atoms with van der Waals surface area (Å²) in [5.74, 6) is -1.92. The van der Waals surface area contributed by atoms with Crippen LogP contribution in [0.3, 0.4) is 0 Å². The maximum absolute atomic E-state index is 12.9. The van der Waals surface area contributed by atoms with E-state index >= 15 is 0 Å². The van der Waals surface area contributed by atoms with Crippen LogP contribution in [0.15, 0.2) is 30.5 Å². The van der Waals surface area contributed by atoms with E-state index in [1.54, 1.807) is 4.68 Å². The summed E-state index contributed by atoms with van der Waals surface area (Å²) < 4.78 is 51.5. The fraction of sp³-hybridized carbons (Fsp3) is 0.500. The summed E-state index contributed by atoms with van der Waals surface area (Å²) in [5.41, 5.74) is 5.29. The average molecular weight is 526 g/mol. The molecule has 1 aliphatic carbocycles. The molecule has 14 heteroatoms. The molecule has 4 rings (SSSR count). The molecular formula is C22H26F3N6O4P. The van der Waals surface area contributed by atoms with Crippen LogP contribution in [0.1, 0.15) is 42.5 Å². The van der Waals surface area contributed by atoms with Crippen molar-refractivity contribution < 1.29 is 32.3 Å². The Bertz CT molecular complexity index is 1210. The van der Waals surface area contributed by atoms with Gasteiger partial charge in [0.1, 0.15) is 5.56 Å². The number of carbonyl (C=O) groups excluding carboxylic acids is 1. The van der Waals surface area contributed by atoms with Gasteiger partial charge in [-0.3, -0.25) is 18.9 Å². The second-order valence-corrected chi connectivity index (χ2v) is 11.0. The zero-order chi connectivity index (χ0) is 26.3. The van der Waals surface area contributed by atoms with E-state index < -0.39 is 31.1 Å². The minimum absolute atomic E-state index is 0.00766. The molecule has 1 saturated carbocycles. The van der Waals surface area contributed by atoms with E-state index in [0.29, 0.717) is 31.4 Å². The van der Waals surface area contributed by atoms with Crippen LogP contribution in [0.5, 0.6) is 0 Å². The first-order valence-corrected chi connectivity index (χ1v) is 12.9. The standard InChI is InChI=1S/C22H26F3N6O4P/c23-22(24,25)14-11-30(12-14)16-5-7-21(8-6-16,9-10-26)31-13-18(19(27)32)20(29-31)28-15-1-3-17(4-2-15)36(33,34)35/h1-4,13-14,16H,5-9,11-12H2,(H2,27,32)(H,28,29)(H2,33,34,35). The number of halogens is 3. The number of rotatable bonds is 7. The number of hydrogen-bond donors (Lipinski definition) is 4. The van der Waals surface area contributed by atoms with E-state index in [4.69, 9.17) is 5.73 Å². The second-order valence-electron chi connectivity index (χ2n) is 9.40. The number of benzene rings is 1. The molecule has 0 atom stereocenters. The molecule has 2 fully saturated rings. The smallest absolute Gasteiger partial charge is 0.365 e. The Labute approximate surface area is 205 Å². The number of alkyl halides is 3. The molecule has 1 aliphatic heterocycles. The number of nitrogens with zero attached hydrogens (tertiary/aromatic N) is 4. The van der Waals surface area contributed by atoms with Gasteiger partial charge in [0.15, 0.2) is 5.82 Å². The van der Waals surface area contributed by atoms with Gasteiger partial charge in [-0.1, -0.05) is 0 Å². The molecule has 5 N–H and O–H groups in total. The van der Waals surface area contributed by atoms with Crippen molar-refractivity contribution in [3.05, 3.63) is 36.0 Å². The van der Waals surface area contributed by atoms with Crippen molar-refractivity contribution in [3.8, 4) is 6.07 Å². The molecule has 10 nitrogen and oxygen atoms in total. The summed E-state index contributed by atoms with van der Waals surface area (Å²) in [7, 11) is -4.41. The molecule has 0 spiro atoms. The first kappa shape index (κ1) is 26.2. The summed E-state index contributed by atoms with van der Waals surface area (Å²) in [6.45, 7) is -0.0240. The summed E-state index contributed by atoms with van der Waals surface area (Å²) >= 11 is 0. The lowest BCUT2D eigenvalue weighted by atomic mass is 9.76. The van der Waals surface area contributed by atoms with Crippen molar-refractivity contribution in [2.45, 2.75) is 49.9 Å². The number of aromatic nitrogens is 2. The van der Waals surface area contributed by atoms with Gasteiger partial charge in [0, 0.05) is 31.0 Å². The third-order valence-corrected chi connectivity index (χ3v) is 8.09. The van der Waals surface area contributed by atoms with Crippen LogP contribution in [0.25, 0.3) is 0 Å². The lowest BCUT2D eigenvalue weighted by Gasteiger charge is -2.49. The molecule has 2 heterocycles. The summed E-state index contributed by atoms with van der Waals surface area (Å²) in [5, 5.41) is 16.8. The van der Waals surface area contributed by atoms with Crippen LogP contribution in [-0.2, 0) is 10.1 Å². The van der Waals surface area contributed by atoms with E-state index in [9.17, 15) is 37.6 Å². The predicted molar refractivity (Wildman–Crippen MR) is 124 cm³/mol. The molecule has 194 valence electrons. The molecule has 2 aliphatic rings. The highest BCUT2D eigenvalue weighted by atomic mass is 31.2. The molecule has 1 amide bonds. The molecule has 36 heavy (non-hydrogen) atoms. The van der Waals surface area contributed by atoms with E-state index in [-0.39, 0.29) is 42.2 Å². The number of hydrogen-bond acceptors (Lipinski definition) is 6. The molecule has 0 bridgehead atoms. The minimum atomic E-state index is -4.41. The number of anilines is 2. The Morgan fingerprint density at radius 3 is 2.36 bits per heavy atom. The van der Waals surface area contributed by atoms with Gasteiger partial charge in [0.25, 0.3) is 5.91 Å². The Kier molecular flexibility index (Phi) is 6.92. The number of amides is 1. The Morgan fingerprint density at radius 1 is 1.25 bits per heavy atom. The lowest BCUT2D eigenvalue weighted by molar-refractivity contribution is -0.215. The average Bonchev–Trinajstić information content (AvgIpc) is 3.18. The van der Waals surface area contributed by atoms with Crippen molar-refractivity contribution in [1.82, 2.24) is 14.7 Å². The van der Waals surface area contributed by atoms with Gasteiger partial charge in [-0.2, -0.15) is 23.5 Å². The summed E-state index contributed by atoms with van der Waals surface area (Å²) in [6.07, 6.45) is -0.453.